The SMILES string of the molecule is O=[N+]([O-])c1ccc(Cl)c(COCc2cccs2)c1. The van der Waals surface area contributed by atoms with Gasteiger partial charge in [0.05, 0.1) is 18.1 Å². The molecule has 4 nitrogen and oxygen atoms in total. The van der Waals surface area contributed by atoms with Gasteiger partial charge in [0.15, 0.2) is 0 Å². The molecule has 0 bridgehead atoms. The Balaban J connectivity index is 2.00. The van der Waals surface area contributed by atoms with E-state index in [1.165, 1.54) is 18.2 Å². The Morgan fingerprint density at radius 2 is 2.17 bits per heavy atom. The van der Waals surface area contributed by atoms with Crippen molar-refractivity contribution in [3.05, 3.63) is 61.3 Å². The van der Waals surface area contributed by atoms with Crippen molar-refractivity contribution < 1.29 is 9.66 Å². The van der Waals surface area contributed by atoms with Crippen LogP contribution >= 0.6 is 22.9 Å². The highest BCUT2D eigenvalue weighted by atomic mass is 35.5. The van der Waals surface area contributed by atoms with Gasteiger partial charge in [0.2, 0.25) is 0 Å². The summed E-state index contributed by atoms with van der Waals surface area (Å²) in [6, 6.07) is 8.26. The van der Waals surface area contributed by atoms with E-state index in [0.717, 1.165) is 4.88 Å². The minimum absolute atomic E-state index is 0.0223. The molecule has 0 radical (unpaired) electrons. The van der Waals surface area contributed by atoms with Gasteiger partial charge in [-0.3, -0.25) is 10.1 Å². The van der Waals surface area contributed by atoms with Crippen LogP contribution < -0.4 is 0 Å². The standard InChI is InChI=1S/C12H10ClNO3S/c13-12-4-3-10(14(15)16)6-9(12)7-17-8-11-2-1-5-18-11/h1-6H,7-8H2. The van der Waals surface area contributed by atoms with E-state index in [1.807, 2.05) is 17.5 Å². The molecule has 1 heterocycles. The zero-order chi connectivity index (χ0) is 13.0. The van der Waals surface area contributed by atoms with Crippen LogP contribution in [0.5, 0.6) is 0 Å². The third kappa shape index (κ3) is 3.29. The second-order valence-corrected chi connectivity index (χ2v) is 5.04. The minimum Gasteiger partial charge on any atom is -0.371 e. The number of thiophene rings is 1. The van der Waals surface area contributed by atoms with Gasteiger partial charge >= 0.3 is 0 Å². The van der Waals surface area contributed by atoms with Crippen molar-refractivity contribution in [1.29, 1.82) is 0 Å². The molecule has 0 fully saturated rings. The number of nitrogens with zero attached hydrogens (tertiary/aromatic N) is 1. The van der Waals surface area contributed by atoms with Crippen molar-refractivity contribution in [2.24, 2.45) is 0 Å². The summed E-state index contributed by atoms with van der Waals surface area (Å²) in [4.78, 5) is 11.3. The van der Waals surface area contributed by atoms with Gasteiger partial charge in [-0.05, 0) is 17.5 Å². The topological polar surface area (TPSA) is 52.4 Å². The van der Waals surface area contributed by atoms with E-state index in [-0.39, 0.29) is 12.3 Å². The lowest BCUT2D eigenvalue weighted by Crippen LogP contribution is -1.95. The molecule has 2 rings (SSSR count). The first-order chi connectivity index (χ1) is 8.66. The molecule has 2 aromatic rings. The molecule has 6 heteroatoms. The summed E-state index contributed by atoms with van der Waals surface area (Å²) in [7, 11) is 0. The van der Waals surface area contributed by atoms with Crippen LogP contribution in [0.4, 0.5) is 5.69 Å². The lowest BCUT2D eigenvalue weighted by Gasteiger charge is -2.05. The van der Waals surface area contributed by atoms with E-state index in [2.05, 4.69) is 0 Å². The first-order valence-electron chi connectivity index (χ1n) is 5.20. The van der Waals surface area contributed by atoms with Crippen LogP contribution in [0.3, 0.4) is 0 Å². The van der Waals surface area contributed by atoms with Gasteiger partial charge in [-0.25, -0.2) is 0 Å². The fraction of sp³-hybridized carbons (Fsp3) is 0.167. The maximum Gasteiger partial charge on any atom is 0.269 e. The third-order valence-corrected chi connectivity index (χ3v) is 3.54. The Morgan fingerprint density at radius 1 is 1.33 bits per heavy atom. The second kappa shape index (κ2) is 5.95. The van der Waals surface area contributed by atoms with Crippen LogP contribution in [-0.2, 0) is 18.0 Å². The van der Waals surface area contributed by atoms with Crippen LogP contribution in [-0.4, -0.2) is 4.92 Å². The maximum absolute atomic E-state index is 10.6. The molecule has 0 aliphatic heterocycles. The second-order valence-electron chi connectivity index (χ2n) is 3.60. The number of halogens is 1. The van der Waals surface area contributed by atoms with E-state index in [9.17, 15) is 10.1 Å². The number of rotatable bonds is 5. The van der Waals surface area contributed by atoms with E-state index in [0.29, 0.717) is 17.2 Å². The summed E-state index contributed by atoms with van der Waals surface area (Å²) in [6.45, 7) is 0.745. The lowest BCUT2D eigenvalue weighted by atomic mass is 10.2. The van der Waals surface area contributed by atoms with Gasteiger partial charge in [-0.2, -0.15) is 0 Å². The fourth-order valence-electron chi connectivity index (χ4n) is 1.44. The van der Waals surface area contributed by atoms with Crippen LogP contribution in [0.1, 0.15) is 10.4 Å². The van der Waals surface area contributed by atoms with Crippen molar-refractivity contribution >= 4 is 28.6 Å². The van der Waals surface area contributed by atoms with Gasteiger partial charge in [0.25, 0.3) is 5.69 Å². The van der Waals surface area contributed by atoms with Gasteiger partial charge in [0, 0.05) is 27.6 Å². The minimum atomic E-state index is -0.445. The number of hydrogen-bond acceptors (Lipinski definition) is 4. The Labute approximate surface area is 113 Å². The van der Waals surface area contributed by atoms with Crippen LogP contribution in [0, 0.1) is 10.1 Å². The average molecular weight is 284 g/mol. The molecule has 0 N–H and O–H groups in total. The zero-order valence-corrected chi connectivity index (χ0v) is 10.9. The maximum atomic E-state index is 10.6. The number of hydrogen-bond donors (Lipinski definition) is 0. The van der Waals surface area contributed by atoms with Crippen molar-refractivity contribution in [1.82, 2.24) is 0 Å². The smallest absolute Gasteiger partial charge is 0.269 e. The molecule has 0 atom stereocenters. The normalized spacial score (nSPS) is 10.5. The highest BCUT2D eigenvalue weighted by Crippen LogP contribution is 2.23. The molecule has 18 heavy (non-hydrogen) atoms. The van der Waals surface area contributed by atoms with Crippen molar-refractivity contribution in [2.45, 2.75) is 13.2 Å². The summed E-state index contributed by atoms with van der Waals surface area (Å²) in [6.07, 6.45) is 0. The molecule has 0 unspecified atom stereocenters. The molecule has 0 saturated heterocycles. The van der Waals surface area contributed by atoms with E-state index in [4.69, 9.17) is 16.3 Å². The summed E-state index contributed by atoms with van der Waals surface area (Å²) in [5.41, 5.74) is 0.650. The highest BCUT2D eigenvalue weighted by molar-refractivity contribution is 7.09. The van der Waals surface area contributed by atoms with Gasteiger partial charge in [-0.15, -0.1) is 11.3 Å². The third-order valence-electron chi connectivity index (χ3n) is 2.32. The molecule has 0 amide bonds. The summed E-state index contributed by atoms with van der Waals surface area (Å²) >= 11 is 7.57. The molecular formula is C12H10ClNO3S. The van der Waals surface area contributed by atoms with Gasteiger partial charge in [0.1, 0.15) is 0 Å². The number of benzene rings is 1. The summed E-state index contributed by atoms with van der Waals surface area (Å²) in [5, 5.41) is 13.1. The largest absolute Gasteiger partial charge is 0.371 e. The van der Waals surface area contributed by atoms with Crippen molar-refractivity contribution in [3.8, 4) is 0 Å². The van der Waals surface area contributed by atoms with Gasteiger partial charge < -0.3 is 4.74 Å². The molecule has 1 aromatic carbocycles. The molecule has 0 spiro atoms. The van der Waals surface area contributed by atoms with Crippen molar-refractivity contribution in [2.75, 3.05) is 0 Å². The fourth-order valence-corrected chi connectivity index (χ4v) is 2.25. The summed E-state index contributed by atoms with van der Waals surface area (Å²) < 4.78 is 5.48. The lowest BCUT2D eigenvalue weighted by molar-refractivity contribution is -0.384. The first-order valence-corrected chi connectivity index (χ1v) is 6.45. The van der Waals surface area contributed by atoms with Crippen LogP contribution in [0.15, 0.2) is 35.7 Å². The van der Waals surface area contributed by atoms with Crippen molar-refractivity contribution in [3.63, 3.8) is 0 Å². The zero-order valence-electron chi connectivity index (χ0n) is 9.34. The van der Waals surface area contributed by atoms with E-state index < -0.39 is 4.92 Å². The Kier molecular flexibility index (Phi) is 4.30. The Morgan fingerprint density at radius 3 is 2.83 bits per heavy atom. The monoisotopic (exact) mass is 283 g/mol. The number of nitro groups is 1. The molecule has 0 aliphatic rings. The molecule has 94 valence electrons. The number of non-ortho nitro benzene ring substituents is 1. The molecule has 0 saturated carbocycles. The molecule has 0 aliphatic carbocycles. The number of ether oxygens (including phenoxy) is 1. The molecular weight excluding hydrogens is 274 g/mol. The predicted octanol–water partition coefficient (Wildman–Crippen LogP) is 4.03. The Bertz CT molecular complexity index is 542. The highest BCUT2D eigenvalue weighted by Gasteiger charge is 2.09. The quantitative estimate of drug-likeness (QED) is 0.615. The predicted molar refractivity (Wildman–Crippen MR) is 70.9 cm³/mol. The van der Waals surface area contributed by atoms with Crippen LogP contribution in [0.2, 0.25) is 5.02 Å². The Hall–Kier alpha value is -1.43. The van der Waals surface area contributed by atoms with E-state index in [1.54, 1.807) is 11.3 Å². The average Bonchev–Trinajstić information content (AvgIpc) is 2.84. The van der Waals surface area contributed by atoms with Gasteiger partial charge in [-0.1, -0.05) is 17.7 Å². The van der Waals surface area contributed by atoms with Crippen LogP contribution in [0.25, 0.3) is 0 Å². The number of nitro benzene ring substituents is 1. The molecule has 1 aromatic heterocycles. The first kappa shape index (κ1) is 13.0. The van der Waals surface area contributed by atoms with E-state index >= 15 is 0 Å². The summed E-state index contributed by atoms with van der Waals surface area (Å²) in [5.74, 6) is 0.